The maximum Gasteiger partial charge on any atom is 0.0309 e. The molecule has 3 aliphatic rings. The molecule has 2 saturated carbocycles. The monoisotopic (exact) mass is 236 g/mol. The predicted molar refractivity (Wildman–Crippen MR) is 72.1 cm³/mol. The molecule has 2 heteroatoms. The van der Waals surface area contributed by atoms with Crippen molar-refractivity contribution in [1.82, 2.24) is 10.2 Å². The number of hydrogen-bond donors (Lipinski definition) is 1. The number of nitrogens with zero attached hydrogens (tertiary/aromatic N) is 1. The zero-order valence-corrected chi connectivity index (χ0v) is 11.7. The van der Waals surface area contributed by atoms with Crippen LogP contribution in [0, 0.1) is 11.8 Å². The van der Waals surface area contributed by atoms with Gasteiger partial charge in [0.25, 0.3) is 0 Å². The van der Waals surface area contributed by atoms with Gasteiger partial charge in [-0.3, -0.25) is 4.90 Å². The maximum atomic E-state index is 3.86. The van der Waals surface area contributed by atoms with Gasteiger partial charge < -0.3 is 5.32 Å². The Hall–Kier alpha value is -0.0800. The van der Waals surface area contributed by atoms with Crippen LogP contribution in [0.2, 0.25) is 0 Å². The van der Waals surface area contributed by atoms with Gasteiger partial charge >= 0.3 is 0 Å². The molecule has 1 aliphatic heterocycles. The third-order valence-electron chi connectivity index (χ3n) is 5.51. The Morgan fingerprint density at radius 2 is 2.00 bits per heavy atom. The van der Waals surface area contributed by atoms with Crippen molar-refractivity contribution < 1.29 is 0 Å². The average molecular weight is 236 g/mol. The van der Waals surface area contributed by atoms with Crippen LogP contribution in [0.4, 0.5) is 0 Å². The van der Waals surface area contributed by atoms with E-state index in [1.165, 1.54) is 45.2 Å². The molecule has 0 bridgehead atoms. The second-order valence-corrected chi connectivity index (χ2v) is 6.78. The van der Waals surface area contributed by atoms with E-state index in [1.54, 1.807) is 0 Å². The zero-order valence-electron chi connectivity index (χ0n) is 11.7. The van der Waals surface area contributed by atoms with Crippen molar-refractivity contribution in [3.05, 3.63) is 0 Å². The van der Waals surface area contributed by atoms with E-state index in [1.807, 2.05) is 0 Å². The molecule has 1 saturated heterocycles. The lowest BCUT2D eigenvalue weighted by atomic mass is 9.90. The first-order valence-corrected chi connectivity index (χ1v) is 7.68. The van der Waals surface area contributed by atoms with Crippen LogP contribution in [0.5, 0.6) is 0 Å². The molecule has 2 aliphatic carbocycles. The summed E-state index contributed by atoms with van der Waals surface area (Å²) < 4.78 is 0. The van der Waals surface area contributed by atoms with Gasteiger partial charge in [0, 0.05) is 30.7 Å². The second kappa shape index (κ2) is 4.24. The van der Waals surface area contributed by atoms with E-state index >= 15 is 0 Å². The summed E-state index contributed by atoms with van der Waals surface area (Å²) in [4.78, 5) is 2.86. The molecular weight excluding hydrogens is 208 g/mol. The molecule has 0 amide bonds. The van der Waals surface area contributed by atoms with Crippen LogP contribution in [0.3, 0.4) is 0 Å². The lowest BCUT2D eigenvalue weighted by Gasteiger charge is -2.47. The van der Waals surface area contributed by atoms with Crippen molar-refractivity contribution >= 4 is 0 Å². The quantitative estimate of drug-likeness (QED) is 0.807. The van der Waals surface area contributed by atoms with Gasteiger partial charge in [-0.25, -0.2) is 0 Å². The van der Waals surface area contributed by atoms with Crippen LogP contribution in [-0.2, 0) is 0 Å². The molecule has 0 radical (unpaired) electrons. The van der Waals surface area contributed by atoms with Crippen LogP contribution in [0.15, 0.2) is 0 Å². The van der Waals surface area contributed by atoms with Gasteiger partial charge in [-0.05, 0) is 44.4 Å². The van der Waals surface area contributed by atoms with Gasteiger partial charge in [0.05, 0.1) is 0 Å². The fourth-order valence-corrected chi connectivity index (χ4v) is 3.87. The molecule has 17 heavy (non-hydrogen) atoms. The molecule has 4 atom stereocenters. The molecule has 98 valence electrons. The average Bonchev–Trinajstić information content (AvgIpc) is 3.19. The van der Waals surface area contributed by atoms with E-state index in [-0.39, 0.29) is 0 Å². The third kappa shape index (κ3) is 2.15. The Morgan fingerprint density at radius 3 is 2.53 bits per heavy atom. The maximum absolute atomic E-state index is 3.86. The first-order valence-electron chi connectivity index (χ1n) is 7.68. The minimum Gasteiger partial charge on any atom is -0.308 e. The molecule has 1 N–H and O–H groups in total. The van der Waals surface area contributed by atoms with E-state index in [0.717, 1.165) is 23.9 Å². The van der Waals surface area contributed by atoms with Crippen LogP contribution in [-0.4, -0.2) is 35.6 Å². The summed E-state index contributed by atoms with van der Waals surface area (Å²) in [6.45, 7) is 9.69. The Morgan fingerprint density at radius 1 is 1.24 bits per heavy atom. The second-order valence-electron chi connectivity index (χ2n) is 6.78. The molecule has 0 spiro atoms. The standard InChI is InChI=1S/C15H28N2/c1-4-11-8-14(11)17-10-15(3,12-6-7-12)16-9-13(17)5-2/h11-14,16H,4-10H2,1-3H3. The molecular formula is C15H28N2. The van der Waals surface area contributed by atoms with Crippen molar-refractivity contribution in [2.75, 3.05) is 13.1 Å². The fraction of sp³-hybridized carbons (Fsp3) is 1.00. The summed E-state index contributed by atoms with van der Waals surface area (Å²) in [7, 11) is 0. The van der Waals surface area contributed by atoms with Gasteiger partial charge in [-0.2, -0.15) is 0 Å². The Bertz CT molecular complexity index is 287. The van der Waals surface area contributed by atoms with Crippen LogP contribution < -0.4 is 5.32 Å². The van der Waals surface area contributed by atoms with Crippen molar-refractivity contribution in [3.8, 4) is 0 Å². The lowest BCUT2D eigenvalue weighted by molar-refractivity contribution is 0.0616. The first kappa shape index (κ1) is 12.0. The molecule has 0 aromatic heterocycles. The van der Waals surface area contributed by atoms with E-state index in [9.17, 15) is 0 Å². The highest BCUT2D eigenvalue weighted by Gasteiger charge is 2.51. The highest BCUT2D eigenvalue weighted by molar-refractivity contribution is 5.08. The zero-order chi connectivity index (χ0) is 12.0. The summed E-state index contributed by atoms with van der Waals surface area (Å²) >= 11 is 0. The van der Waals surface area contributed by atoms with Crippen molar-refractivity contribution in [1.29, 1.82) is 0 Å². The number of piperazine rings is 1. The highest BCUT2D eigenvalue weighted by atomic mass is 15.3. The van der Waals surface area contributed by atoms with Gasteiger partial charge in [-0.15, -0.1) is 0 Å². The molecule has 0 aromatic carbocycles. The Balaban J connectivity index is 1.69. The minimum absolute atomic E-state index is 0.423. The number of rotatable bonds is 4. The summed E-state index contributed by atoms with van der Waals surface area (Å²) in [6, 6.07) is 1.72. The van der Waals surface area contributed by atoms with Crippen molar-refractivity contribution in [3.63, 3.8) is 0 Å². The molecule has 3 fully saturated rings. The summed E-state index contributed by atoms with van der Waals surface area (Å²) in [5.74, 6) is 1.97. The van der Waals surface area contributed by atoms with Crippen molar-refractivity contribution in [2.24, 2.45) is 11.8 Å². The van der Waals surface area contributed by atoms with Gasteiger partial charge in [0.1, 0.15) is 0 Å². The van der Waals surface area contributed by atoms with E-state index in [0.29, 0.717) is 5.54 Å². The van der Waals surface area contributed by atoms with Crippen molar-refractivity contribution in [2.45, 2.75) is 70.5 Å². The lowest BCUT2D eigenvalue weighted by Crippen LogP contribution is -2.64. The normalized spacial score (nSPS) is 47.1. The predicted octanol–water partition coefficient (Wildman–Crippen LogP) is 2.64. The Kier molecular flexibility index (Phi) is 2.99. The summed E-state index contributed by atoms with van der Waals surface area (Å²) in [5.41, 5.74) is 0.423. The molecule has 1 heterocycles. The van der Waals surface area contributed by atoms with Gasteiger partial charge in [0.15, 0.2) is 0 Å². The summed E-state index contributed by atoms with van der Waals surface area (Å²) in [6.07, 6.45) is 7.06. The molecule has 0 aromatic rings. The van der Waals surface area contributed by atoms with Crippen LogP contribution in [0.25, 0.3) is 0 Å². The van der Waals surface area contributed by atoms with Crippen LogP contribution >= 0.6 is 0 Å². The third-order valence-corrected chi connectivity index (χ3v) is 5.51. The SMILES string of the molecule is CCC1CC1N1CC(C)(C2CC2)NCC1CC. The van der Waals surface area contributed by atoms with Crippen LogP contribution in [0.1, 0.15) is 52.9 Å². The number of hydrogen-bond acceptors (Lipinski definition) is 2. The minimum atomic E-state index is 0.423. The van der Waals surface area contributed by atoms with Gasteiger partial charge in [-0.1, -0.05) is 20.3 Å². The number of nitrogens with one attached hydrogen (secondary N) is 1. The highest BCUT2D eigenvalue weighted by Crippen LogP contribution is 2.46. The van der Waals surface area contributed by atoms with E-state index in [4.69, 9.17) is 0 Å². The fourth-order valence-electron chi connectivity index (χ4n) is 3.87. The molecule has 3 rings (SSSR count). The van der Waals surface area contributed by atoms with Gasteiger partial charge in [0.2, 0.25) is 0 Å². The topological polar surface area (TPSA) is 15.3 Å². The summed E-state index contributed by atoms with van der Waals surface area (Å²) in [5, 5.41) is 3.86. The van der Waals surface area contributed by atoms with E-state index in [2.05, 4.69) is 31.0 Å². The largest absolute Gasteiger partial charge is 0.308 e. The Labute approximate surface area is 106 Å². The molecule has 2 nitrogen and oxygen atoms in total. The first-order chi connectivity index (χ1) is 8.18. The smallest absolute Gasteiger partial charge is 0.0309 e. The molecule has 4 unspecified atom stereocenters. The van der Waals surface area contributed by atoms with E-state index < -0.39 is 0 Å².